The standard InChI is InChI=1S/C11H20N2O2/c1-8-3-2-4-9(8)13-11(14)10-7-12-5-6-15-10/h8-10,12H,2-7H2,1H3,(H,13,14)/t8?,9?,10-/m0/s1. The molecule has 1 aliphatic carbocycles. The molecule has 0 aromatic heterocycles. The molecule has 1 amide bonds. The van der Waals surface area contributed by atoms with Gasteiger partial charge in [0.05, 0.1) is 6.61 Å². The molecule has 2 rings (SSSR count). The Morgan fingerprint density at radius 1 is 1.47 bits per heavy atom. The summed E-state index contributed by atoms with van der Waals surface area (Å²) in [6, 6.07) is 0.364. The molecule has 3 atom stereocenters. The summed E-state index contributed by atoms with van der Waals surface area (Å²) < 4.78 is 5.41. The Labute approximate surface area is 90.8 Å². The van der Waals surface area contributed by atoms with Gasteiger partial charge in [0.1, 0.15) is 6.10 Å². The summed E-state index contributed by atoms with van der Waals surface area (Å²) in [7, 11) is 0. The molecule has 2 fully saturated rings. The van der Waals surface area contributed by atoms with Gasteiger partial charge in [-0.3, -0.25) is 4.79 Å². The number of carbonyl (C=O) groups excluding carboxylic acids is 1. The highest BCUT2D eigenvalue weighted by molar-refractivity contribution is 5.81. The summed E-state index contributed by atoms with van der Waals surface area (Å²) in [5.74, 6) is 0.673. The predicted molar refractivity (Wildman–Crippen MR) is 57.6 cm³/mol. The number of carbonyl (C=O) groups is 1. The number of hydrogen-bond donors (Lipinski definition) is 2. The van der Waals surface area contributed by atoms with Gasteiger partial charge in [-0.1, -0.05) is 13.3 Å². The zero-order chi connectivity index (χ0) is 10.7. The quantitative estimate of drug-likeness (QED) is 0.691. The molecule has 0 aromatic carbocycles. The Hall–Kier alpha value is -0.610. The topological polar surface area (TPSA) is 50.4 Å². The maximum Gasteiger partial charge on any atom is 0.250 e. The largest absolute Gasteiger partial charge is 0.366 e. The zero-order valence-corrected chi connectivity index (χ0v) is 9.29. The van der Waals surface area contributed by atoms with E-state index in [0.717, 1.165) is 13.0 Å². The summed E-state index contributed by atoms with van der Waals surface area (Å²) in [5, 5.41) is 6.26. The maximum absolute atomic E-state index is 11.8. The first-order valence-corrected chi connectivity index (χ1v) is 5.90. The Morgan fingerprint density at radius 3 is 2.93 bits per heavy atom. The van der Waals surface area contributed by atoms with Crippen LogP contribution in [0.15, 0.2) is 0 Å². The molecule has 1 heterocycles. The van der Waals surface area contributed by atoms with Gasteiger partial charge in [-0.25, -0.2) is 0 Å². The number of rotatable bonds is 2. The van der Waals surface area contributed by atoms with Gasteiger partial charge in [-0.15, -0.1) is 0 Å². The number of morpholine rings is 1. The number of hydrogen-bond acceptors (Lipinski definition) is 3. The number of nitrogens with one attached hydrogen (secondary N) is 2. The van der Waals surface area contributed by atoms with E-state index in [4.69, 9.17) is 4.74 Å². The van der Waals surface area contributed by atoms with Gasteiger partial charge in [-0.2, -0.15) is 0 Å². The Bertz CT molecular complexity index is 227. The smallest absolute Gasteiger partial charge is 0.250 e. The molecule has 0 aromatic rings. The average molecular weight is 212 g/mol. The lowest BCUT2D eigenvalue weighted by atomic mass is 10.1. The van der Waals surface area contributed by atoms with Gasteiger partial charge in [-0.05, 0) is 18.8 Å². The van der Waals surface area contributed by atoms with Crippen molar-refractivity contribution in [1.29, 1.82) is 0 Å². The van der Waals surface area contributed by atoms with Crippen LogP contribution in [0.2, 0.25) is 0 Å². The van der Waals surface area contributed by atoms with E-state index in [-0.39, 0.29) is 12.0 Å². The molecule has 4 heteroatoms. The van der Waals surface area contributed by atoms with Crippen LogP contribution in [0.3, 0.4) is 0 Å². The monoisotopic (exact) mass is 212 g/mol. The minimum absolute atomic E-state index is 0.0564. The third-order valence-corrected chi connectivity index (χ3v) is 3.41. The predicted octanol–water partition coefficient (Wildman–Crippen LogP) is 0.280. The Kier molecular flexibility index (Phi) is 3.59. The van der Waals surface area contributed by atoms with Gasteiger partial charge < -0.3 is 15.4 Å². The van der Waals surface area contributed by atoms with Crippen LogP contribution >= 0.6 is 0 Å². The van der Waals surface area contributed by atoms with Crippen LogP contribution in [-0.2, 0) is 9.53 Å². The van der Waals surface area contributed by atoms with Crippen molar-refractivity contribution < 1.29 is 9.53 Å². The van der Waals surface area contributed by atoms with Crippen molar-refractivity contribution in [2.45, 2.75) is 38.3 Å². The second-order valence-corrected chi connectivity index (χ2v) is 4.59. The van der Waals surface area contributed by atoms with Crippen LogP contribution in [-0.4, -0.2) is 37.7 Å². The molecule has 1 saturated heterocycles. The molecule has 86 valence electrons. The van der Waals surface area contributed by atoms with E-state index in [0.29, 0.717) is 25.1 Å². The third-order valence-electron chi connectivity index (χ3n) is 3.41. The van der Waals surface area contributed by atoms with E-state index in [1.807, 2.05) is 0 Å². The van der Waals surface area contributed by atoms with Crippen molar-refractivity contribution >= 4 is 5.91 Å². The fourth-order valence-electron chi connectivity index (χ4n) is 2.37. The first kappa shape index (κ1) is 10.9. The molecule has 15 heavy (non-hydrogen) atoms. The fraction of sp³-hybridized carbons (Fsp3) is 0.909. The first-order chi connectivity index (χ1) is 7.27. The van der Waals surface area contributed by atoms with Crippen molar-refractivity contribution in [3.05, 3.63) is 0 Å². The van der Waals surface area contributed by atoms with Gasteiger partial charge in [0, 0.05) is 19.1 Å². The van der Waals surface area contributed by atoms with Crippen LogP contribution in [0.1, 0.15) is 26.2 Å². The van der Waals surface area contributed by atoms with Gasteiger partial charge in [0.2, 0.25) is 0 Å². The second-order valence-electron chi connectivity index (χ2n) is 4.59. The molecule has 0 spiro atoms. The van der Waals surface area contributed by atoms with Gasteiger partial charge >= 0.3 is 0 Å². The summed E-state index contributed by atoms with van der Waals surface area (Å²) >= 11 is 0. The van der Waals surface area contributed by atoms with Crippen molar-refractivity contribution in [3.63, 3.8) is 0 Å². The first-order valence-electron chi connectivity index (χ1n) is 5.90. The molecule has 2 N–H and O–H groups in total. The number of ether oxygens (including phenoxy) is 1. The van der Waals surface area contributed by atoms with E-state index >= 15 is 0 Å². The lowest BCUT2D eigenvalue weighted by molar-refractivity contribution is -0.135. The molecule has 1 saturated carbocycles. The van der Waals surface area contributed by atoms with Crippen molar-refractivity contribution in [3.8, 4) is 0 Å². The van der Waals surface area contributed by atoms with Crippen molar-refractivity contribution in [2.24, 2.45) is 5.92 Å². The van der Waals surface area contributed by atoms with E-state index < -0.39 is 0 Å². The zero-order valence-electron chi connectivity index (χ0n) is 9.29. The maximum atomic E-state index is 11.8. The molecular weight excluding hydrogens is 192 g/mol. The molecule has 2 aliphatic rings. The summed E-state index contributed by atoms with van der Waals surface area (Å²) in [6.07, 6.45) is 3.30. The lowest BCUT2D eigenvalue weighted by Gasteiger charge is -2.25. The summed E-state index contributed by atoms with van der Waals surface area (Å²) in [6.45, 7) is 4.34. The Morgan fingerprint density at radius 2 is 2.33 bits per heavy atom. The molecule has 4 nitrogen and oxygen atoms in total. The normalized spacial score (nSPS) is 36.5. The number of amides is 1. The molecule has 1 aliphatic heterocycles. The van der Waals surface area contributed by atoms with E-state index in [2.05, 4.69) is 17.6 Å². The lowest BCUT2D eigenvalue weighted by Crippen LogP contribution is -2.50. The minimum Gasteiger partial charge on any atom is -0.366 e. The van der Waals surface area contributed by atoms with Crippen LogP contribution in [0.4, 0.5) is 0 Å². The molecule has 0 bridgehead atoms. The van der Waals surface area contributed by atoms with E-state index in [1.165, 1.54) is 12.8 Å². The highest BCUT2D eigenvalue weighted by Crippen LogP contribution is 2.24. The fourth-order valence-corrected chi connectivity index (χ4v) is 2.37. The van der Waals surface area contributed by atoms with Gasteiger partial charge in [0.25, 0.3) is 5.91 Å². The molecule has 0 radical (unpaired) electrons. The summed E-state index contributed by atoms with van der Waals surface area (Å²) in [5.41, 5.74) is 0. The highest BCUT2D eigenvalue weighted by Gasteiger charge is 2.28. The van der Waals surface area contributed by atoms with Crippen LogP contribution < -0.4 is 10.6 Å². The molecule has 2 unspecified atom stereocenters. The highest BCUT2D eigenvalue weighted by atomic mass is 16.5. The van der Waals surface area contributed by atoms with Crippen LogP contribution in [0.25, 0.3) is 0 Å². The van der Waals surface area contributed by atoms with Gasteiger partial charge in [0.15, 0.2) is 0 Å². The van der Waals surface area contributed by atoms with Crippen LogP contribution in [0, 0.1) is 5.92 Å². The summed E-state index contributed by atoms with van der Waals surface area (Å²) in [4.78, 5) is 11.8. The van der Waals surface area contributed by atoms with Crippen molar-refractivity contribution in [2.75, 3.05) is 19.7 Å². The van der Waals surface area contributed by atoms with Crippen molar-refractivity contribution in [1.82, 2.24) is 10.6 Å². The minimum atomic E-state index is -0.286. The average Bonchev–Trinajstić information content (AvgIpc) is 2.66. The van der Waals surface area contributed by atoms with Crippen LogP contribution in [0.5, 0.6) is 0 Å². The second kappa shape index (κ2) is 4.94. The molecular formula is C11H20N2O2. The van der Waals surface area contributed by atoms with E-state index in [9.17, 15) is 4.79 Å². The Balaban J connectivity index is 1.80. The van der Waals surface area contributed by atoms with E-state index in [1.54, 1.807) is 0 Å². The third kappa shape index (κ3) is 2.69. The SMILES string of the molecule is CC1CCCC1NC(=O)[C@@H]1CNCCO1.